The van der Waals surface area contributed by atoms with Crippen LogP contribution in [0.25, 0.3) is 0 Å². The van der Waals surface area contributed by atoms with Crippen molar-refractivity contribution in [3.8, 4) is 5.75 Å². The Morgan fingerprint density at radius 3 is 2.50 bits per heavy atom. The molecule has 0 saturated heterocycles. The molecule has 0 saturated carbocycles. The number of anilines is 1. The Balaban J connectivity index is 2.70. The second kappa shape index (κ2) is 8.82. The normalized spacial score (nSPS) is 11.3. The van der Waals surface area contributed by atoms with E-state index in [1.807, 2.05) is 0 Å². The third-order valence-corrected chi connectivity index (χ3v) is 3.16. The van der Waals surface area contributed by atoms with E-state index >= 15 is 0 Å². The van der Waals surface area contributed by atoms with Crippen LogP contribution >= 0.6 is 12.2 Å². The first-order chi connectivity index (χ1) is 10.3. The fourth-order valence-electron chi connectivity index (χ4n) is 1.99. The van der Waals surface area contributed by atoms with Crippen LogP contribution in [0.4, 0.5) is 18.9 Å². The van der Waals surface area contributed by atoms with E-state index in [1.54, 1.807) is 0 Å². The smallest absolute Gasteiger partial charge is 0.420 e. The van der Waals surface area contributed by atoms with Gasteiger partial charge in [0.05, 0.1) is 12.2 Å². The highest BCUT2D eigenvalue weighted by molar-refractivity contribution is 7.80. The molecule has 1 aromatic carbocycles. The Kier molecular flexibility index (Phi) is 7.44. The SMILES string of the molecule is CCCCCCCOc1ccc(NC(N)=S)cc1C(F)(F)F. The van der Waals surface area contributed by atoms with E-state index in [0.29, 0.717) is 0 Å². The number of thiocarbonyl (C=S) groups is 1. The van der Waals surface area contributed by atoms with Crippen LogP contribution in [0, 0.1) is 0 Å². The minimum atomic E-state index is -4.49. The van der Waals surface area contributed by atoms with Gasteiger partial charge in [-0.1, -0.05) is 32.6 Å². The van der Waals surface area contributed by atoms with Crippen molar-refractivity contribution >= 4 is 23.0 Å². The molecule has 1 rings (SSSR count). The molecule has 3 N–H and O–H groups in total. The van der Waals surface area contributed by atoms with Crippen molar-refractivity contribution in [3.63, 3.8) is 0 Å². The van der Waals surface area contributed by atoms with Gasteiger partial charge in [0, 0.05) is 5.69 Å². The molecule has 124 valence electrons. The number of hydrogen-bond acceptors (Lipinski definition) is 2. The van der Waals surface area contributed by atoms with Crippen molar-refractivity contribution in [2.24, 2.45) is 5.73 Å². The third-order valence-electron chi connectivity index (χ3n) is 3.06. The van der Waals surface area contributed by atoms with E-state index < -0.39 is 11.7 Å². The maximum absolute atomic E-state index is 13.1. The molecule has 0 atom stereocenters. The Labute approximate surface area is 134 Å². The number of halogens is 3. The van der Waals surface area contributed by atoms with E-state index in [4.69, 9.17) is 10.5 Å². The Morgan fingerprint density at radius 2 is 1.91 bits per heavy atom. The summed E-state index contributed by atoms with van der Waals surface area (Å²) in [5.41, 5.74) is 4.63. The Hall–Kier alpha value is -1.50. The molecule has 0 bridgehead atoms. The zero-order valence-corrected chi connectivity index (χ0v) is 13.3. The predicted molar refractivity (Wildman–Crippen MR) is 86.1 cm³/mol. The van der Waals surface area contributed by atoms with Crippen LogP contribution in [-0.2, 0) is 6.18 Å². The number of rotatable bonds is 8. The lowest BCUT2D eigenvalue weighted by molar-refractivity contribution is -0.138. The average Bonchev–Trinajstić information content (AvgIpc) is 2.42. The summed E-state index contributed by atoms with van der Waals surface area (Å²) in [5, 5.41) is 2.40. The Morgan fingerprint density at radius 1 is 1.23 bits per heavy atom. The first-order valence-corrected chi connectivity index (χ1v) is 7.66. The van der Waals surface area contributed by atoms with Crippen molar-refractivity contribution in [1.29, 1.82) is 0 Å². The van der Waals surface area contributed by atoms with Gasteiger partial charge in [0.25, 0.3) is 0 Å². The summed E-state index contributed by atoms with van der Waals surface area (Å²) in [6.45, 7) is 2.38. The molecule has 0 fully saturated rings. The molecule has 3 nitrogen and oxygen atoms in total. The van der Waals surface area contributed by atoms with Gasteiger partial charge in [0.15, 0.2) is 5.11 Å². The minimum Gasteiger partial charge on any atom is -0.493 e. The van der Waals surface area contributed by atoms with E-state index in [0.717, 1.165) is 38.2 Å². The van der Waals surface area contributed by atoms with Gasteiger partial charge >= 0.3 is 6.18 Å². The first-order valence-electron chi connectivity index (χ1n) is 7.25. The highest BCUT2D eigenvalue weighted by Crippen LogP contribution is 2.38. The van der Waals surface area contributed by atoms with Crippen LogP contribution in [0.1, 0.15) is 44.6 Å². The average molecular weight is 334 g/mol. The largest absolute Gasteiger partial charge is 0.493 e. The molecular weight excluding hydrogens is 313 g/mol. The van der Waals surface area contributed by atoms with Crippen LogP contribution in [0.15, 0.2) is 18.2 Å². The number of benzene rings is 1. The van der Waals surface area contributed by atoms with E-state index in [1.165, 1.54) is 12.1 Å². The number of nitrogens with two attached hydrogens (primary N) is 1. The maximum atomic E-state index is 13.1. The van der Waals surface area contributed by atoms with Gasteiger partial charge in [-0.15, -0.1) is 0 Å². The fraction of sp³-hybridized carbons (Fsp3) is 0.533. The quantitative estimate of drug-likeness (QED) is 0.534. The lowest BCUT2D eigenvalue weighted by Crippen LogP contribution is -2.19. The number of ether oxygens (including phenoxy) is 1. The lowest BCUT2D eigenvalue weighted by atomic mass is 10.1. The molecule has 0 aromatic heterocycles. The van der Waals surface area contributed by atoms with Gasteiger partial charge in [-0.2, -0.15) is 13.2 Å². The molecule has 0 spiro atoms. The van der Waals surface area contributed by atoms with Crippen LogP contribution in [0.2, 0.25) is 0 Å². The molecule has 0 amide bonds. The van der Waals surface area contributed by atoms with Crippen molar-refractivity contribution < 1.29 is 17.9 Å². The summed E-state index contributed by atoms with van der Waals surface area (Å²) in [6, 6.07) is 3.70. The number of hydrogen-bond donors (Lipinski definition) is 2. The molecule has 0 aliphatic rings. The van der Waals surface area contributed by atoms with Crippen molar-refractivity contribution in [1.82, 2.24) is 0 Å². The van der Waals surface area contributed by atoms with E-state index in [-0.39, 0.29) is 23.2 Å². The minimum absolute atomic E-state index is 0.0854. The first kappa shape index (κ1) is 18.5. The molecular formula is C15H21F3N2OS. The third kappa shape index (κ3) is 6.51. The van der Waals surface area contributed by atoms with Crippen molar-refractivity contribution in [2.75, 3.05) is 11.9 Å². The molecule has 0 radical (unpaired) electrons. The standard InChI is InChI=1S/C15H21F3N2OS/c1-2-3-4-5-6-9-21-13-8-7-11(20-14(19)22)10-12(13)15(16,17)18/h7-8,10H,2-6,9H2,1H3,(H3,19,20,22). The fourth-order valence-corrected chi connectivity index (χ4v) is 2.10. The molecule has 0 aliphatic heterocycles. The van der Waals surface area contributed by atoms with Gasteiger partial charge in [0.1, 0.15) is 5.75 Å². The molecule has 22 heavy (non-hydrogen) atoms. The van der Waals surface area contributed by atoms with Crippen molar-refractivity contribution in [2.45, 2.75) is 45.2 Å². The van der Waals surface area contributed by atoms with Gasteiger partial charge in [-0.25, -0.2) is 0 Å². The summed E-state index contributed by atoms with van der Waals surface area (Å²) in [6.07, 6.45) is 0.526. The molecule has 1 aromatic rings. The van der Waals surface area contributed by atoms with Gasteiger partial charge < -0.3 is 15.8 Å². The summed E-state index contributed by atoms with van der Waals surface area (Å²) < 4.78 is 44.5. The lowest BCUT2D eigenvalue weighted by Gasteiger charge is -2.15. The Bertz CT molecular complexity index is 492. The summed E-state index contributed by atoms with van der Waals surface area (Å²) in [4.78, 5) is 0. The summed E-state index contributed by atoms with van der Waals surface area (Å²) in [5.74, 6) is -0.170. The monoisotopic (exact) mass is 334 g/mol. The second-order valence-corrected chi connectivity index (χ2v) is 5.40. The number of unbranched alkanes of at least 4 members (excludes halogenated alkanes) is 4. The van der Waals surface area contributed by atoms with Gasteiger partial charge in [0.2, 0.25) is 0 Å². The number of alkyl halides is 3. The number of nitrogens with one attached hydrogen (secondary N) is 1. The maximum Gasteiger partial charge on any atom is 0.420 e. The molecule has 0 heterocycles. The van der Waals surface area contributed by atoms with Gasteiger partial charge in [-0.05, 0) is 36.8 Å². The summed E-state index contributed by atoms with van der Waals surface area (Å²) >= 11 is 4.62. The van der Waals surface area contributed by atoms with E-state index in [9.17, 15) is 13.2 Å². The molecule has 0 unspecified atom stereocenters. The molecule has 7 heteroatoms. The summed E-state index contributed by atoms with van der Waals surface area (Å²) in [7, 11) is 0. The van der Waals surface area contributed by atoms with Crippen LogP contribution in [0.5, 0.6) is 5.75 Å². The second-order valence-electron chi connectivity index (χ2n) is 4.96. The van der Waals surface area contributed by atoms with Crippen LogP contribution < -0.4 is 15.8 Å². The highest BCUT2D eigenvalue weighted by atomic mass is 32.1. The highest BCUT2D eigenvalue weighted by Gasteiger charge is 2.34. The van der Waals surface area contributed by atoms with Crippen LogP contribution in [0.3, 0.4) is 0 Å². The van der Waals surface area contributed by atoms with Crippen LogP contribution in [-0.4, -0.2) is 11.7 Å². The van der Waals surface area contributed by atoms with Crippen molar-refractivity contribution in [3.05, 3.63) is 23.8 Å². The predicted octanol–water partition coefficient (Wildman–Crippen LogP) is 4.71. The zero-order valence-electron chi connectivity index (χ0n) is 12.5. The zero-order chi connectivity index (χ0) is 16.6. The topological polar surface area (TPSA) is 47.3 Å². The van der Waals surface area contributed by atoms with E-state index in [2.05, 4.69) is 24.5 Å². The van der Waals surface area contributed by atoms with Gasteiger partial charge in [-0.3, -0.25) is 0 Å². The molecule has 0 aliphatic carbocycles.